The van der Waals surface area contributed by atoms with Gasteiger partial charge < -0.3 is 10.8 Å². The van der Waals surface area contributed by atoms with E-state index in [-0.39, 0.29) is 17.3 Å². The lowest BCUT2D eigenvalue weighted by molar-refractivity contribution is 0.350. The van der Waals surface area contributed by atoms with Gasteiger partial charge in [0.05, 0.1) is 11.3 Å². The van der Waals surface area contributed by atoms with E-state index >= 15 is 0 Å². The number of anilines is 1. The van der Waals surface area contributed by atoms with E-state index in [0.717, 1.165) is 6.07 Å². The summed E-state index contributed by atoms with van der Waals surface area (Å²) in [5.74, 6) is 4.25. The van der Waals surface area contributed by atoms with Gasteiger partial charge in [0, 0.05) is 5.02 Å². The Morgan fingerprint density at radius 3 is 2.85 bits per heavy atom. The number of nitrogens with two attached hydrogens (primary N) is 1. The summed E-state index contributed by atoms with van der Waals surface area (Å²) in [6, 6.07) is 2.56. The molecule has 0 saturated carbocycles. The zero-order valence-corrected chi connectivity index (χ0v) is 7.40. The second-order valence-electron chi connectivity index (χ2n) is 2.31. The zero-order chi connectivity index (χ0) is 9.84. The number of hydrogen-bond acceptors (Lipinski definition) is 2. The lowest BCUT2D eigenvalue weighted by Crippen LogP contribution is -1.95. The Balaban J connectivity index is 3.20. The minimum absolute atomic E-state index is 0.0506. The molecule has 0 aliphatic heterocycles. The second kappa shape index (κ2) is 4.13. The molecule has 1 aromatic rings. The maximum atomic E-state index is 12.9. The Morgan fingerprint density at radius 2 is 2.23 bits per heavy atom. The molecule has 0 bridgehead atoms. The molecule has 0 spiro atoms. The van der Waals surface area contributed by atoms with Crippen molar-refractivity contribution in [3.05, 3.63) is 28.5 Å². The molecule has 0 fully saturated rings. The predicted octanol–water partition coefficient (Wildman–Crippen LogP) is 1.41. The topological polar surface area (TPSA) is 46.2 Å². The van der Waals surface area contributed by atoms with Gasteiger partial charge in [0.25, 0.3) is 0 Å². The number of nitrogen functional groups attached to an aromatic ring is 1. The molecule has 0 atom stereocenters. The van der Waals surface area contributed by atoms with E-state index < -0.39 is 5.82 Å². The fourth-order valence-corrected chi connectivity index (χ4v) is 1.03. The van der Waals surface area contributed by atoms with Gasteiger partial charge in [-0.15, -0.1) is 0 Å². The van der Waals surface area contributed by atoms with E-state index in [9.17, 15) is 4.39 Å². The van der Waals surface area contributed by atoms with Gasteiger partial charge in [0.1, 0.15) is 12.4 Å². The summed E-state index contributed by atoms with van der Waals surface area (Å²) in [4.78, 5) is 0. The number of benzene rings is 1. The molecule has 2 nitrogen and oxygen atoms in total. The van der Waals surface area contributed by atoms with Crippen LogP contribution >= 0.6 is 11.6 Å². The normalized spacial score (nSPS) is 9.15. The van der Waals surface area contributed by atoms with Crippen molar-refractivity contribution in [2.45, 2.75) is 0 Å². The molecule has 0 aliphatic carbocycles. The highest BCUT2D eigenvalue weighted by Crippen LogP contribution is 2.20. The molecule has 0 radical (unpaired) electrons. The summed E-state index contributed by atoms with van der Waals surface area (Å²) in [6.07, 6.45) is 0. The molecule has 1 aromatic carbocycles. The van der Waals surface area contributed by atoms with E-state index in [1.165, 1.54) is 6.07 Å². The van der Waals surface area contributed by atoms with Gasteiger partial charge in [0.2, 0.25) is 0 Å². The van der Waals surface area contributed by atoms with Crippen LogP contribution in [0.25, 0.3) is 0 Å². The first-order valence-electron chi connectivity index (χ1n) is 3.49. The fourth-order valence-electron chi connectivity index (χ4n) is 0.823. The van der Waals surface area contributed by atoms with Crippen molar-refractivity contribution in [2.24, 2.45) is 0 Å². The molecule has 13 heavy (non-hydrogen) atoms. The highest BCUT2D eigenvalue weighted by Gasteiger charge is 2.04. The molecule has 1 rings (SSSR count). The monoisotopic (exact) mass is 199 g/mol. The van der Waals surface area contributed by atoms with Crippen LogP contribution in [0.5, 0.6) is 0 Å². The summed E-state index contributed by atoms with van der Waals surface area (Å²) in [5.41, 5.74) is 5.61. The van der Waals surface area contributed by atoms with E-state index in [4.69, 9.17) is 22.4 Å². The van der Waals surface area contributed by atoms with Crippen LogP contribution in [-0.4, -0.2) is 11.7 Å². The molecule has 0 unspecified atom stereocenters. The average molecular weight is 200 g/mol. The van der Waals surface area contributed by atoms with Crippen molar-refractivity contribution in [1.29, 1.82) is 0 Å². The van der Waals surface area contributed by atoms with Crippen molar-refractivity contribution < 1.29 is 9.50 Å². The number of hydrogen-bond donors (Lipinski definition) is 2. The van der Waals surface area contributed by atoms with Gasteiger partial charge in [-0.05, 0) is 12.1 Å². The van der Waals surface area contributed by atoms with E-state index in [0.29, 0.717) is 5.56 Å². The van der Waals surface area contributed by atoms with Crippen LogP contribution in [0.3, 0.4) is 0 Å². The maximum absolute atomic E-state index is 12.9. The van der Waals surface area contributed by atoms with Gasteiger partial charge >= 0.3 is 0 Å². The standard InChI is InChI=1S/C9H7ClFNO/c10-7-4-6(2-1-3-13)9(12)8(11)5-7/h4-5,13H,3,12H2. The third-order valence-corrected chi connectivity index (χ3v) is 1.61. The number of aliphatic hydroxyl groups excluding tert-OH is 1. The molecule has 4 heteroatoms. The first kappa shape index (κ1) is 9.85. The fraction of sp³-hybridized carbons (Fsp3) is 0.111. The van der Waals surface area contributed by atoms with Gasteiger partial charge in [-0.3, -0.25) is 0 Å². The molecule has 0 aliphatic rings. The lowest BCUT2D eigenvalue weighted by Gasteiger charge is -2.00. The van der Waals surface area contributed by atoms with Crippen molar-refractivity contribution in [3.63, 3.8) is 0 Å². The van der Waals surface area contributed by atoms with Crippen LogP contribution in [0, 0.1) is 17.7 Å². The Morgan fingerprint density at radius 1 is 1.54 bits per heavy atom. The Hall–Kier alpha value is -1.24. The van der Waals surface area contributed by atoms with E-state index in [1.54, 1.807) is 0 Å². The molecule has 0 aromatic heterocycles. The maximum Gasteiger partial charge on any atom is 0.148 e. The lowest BCUT2D eigenvalue weighted by atomic mass is 10.2. The van der Waals surface area contributed by atoms with Crippen molar-refractivity contribution in [2.75, 3.05) is 12.3 Å². The van der Waals surface area contributed by atoms with Crippen molar-refractivity contribution >= 4 is 17.3 Å². The quantitative estimate of drug-likeness (QED) is 0.490. The summed E-state index contributed by atoms with van der Waals surface area (Å²) < 4.78 is 12.9. The third kappa shape index (κ3) is 2.35. The smallest absolute Gasteiger partial charge is 0.148 e. The Kier molecular flexibility index (Phi) is 3.13. The predicted molar refractivity (Wildman–Crippen MR) is 49.8 cm³/mol. The van der Waals surface area contributed by atoms with Gasteiger partial charge in [-0.2, -0.15) is 0 Å². The van der Waals surface area contributed by atoms with Crippen LogP contribution < -0.4 is 5.73 Å². The van der Waals surface area contributed by atoms with Crippen molar-refractivity contribution in [1.82, 2.24) is 0 Å². The summed E-state index contributed by atoms with van der Waals surface area (Å²) >= 11 is 5.58. The first-order valence-corrected chi connectivity index (χ1v) is 3.87. The Labute approximate surface area is 80.1 Å². The third-order valence-electron chi connectivity index (χ3n) is 1.40. The van der Waals surface area contributed by atoms with Crippen LogP contribution in [-0.2, 0) is 0 Å². The Bertz CT molecular complexity index is 381. The molecule has 3 N–H and O–H groups in total. The molecule has 0 saturated heterocycles. The average Bonchev–Trinajstić information content (AvgIpc) is 2.09. The largest absolute Gasteiger partial charge is 0.395 e. The summed E-state index contributed by atoms with van der Waals surface area (Å²) in [5, 5.41) is 8.65. The summed E-state index contributed by atoms with van der Waals surface area (Å²) in [6.45, 7) is -0.298. The zero-order valence-electron chi connectivity index (χ0n) is 6.64. The number of aliphatic hydroxyl groups is 1. The van der Waals surface area contributed by atoms with Crippen LogP contribution in [0.4, 0.5) is 10.1 Å². The van der Waals surface area contributed by atoms with Gasteiger partial charge in [0.15, 0.2) is 0 Å². The first-order chi connectivity index (χ1) is 6.15. The van der Waals surface area contributed by atoms with Crippen LogP contribution in [0.2, 0.25) is 5.02 Å². The number of rotatable bonds is 0. The number of halogens is 2. The van der Waals surface area contributed by atoms with Crippen LogP contribution in [0.1, 0.15) is 5.56 Å². The molecular weight excluding hydrogens is 193 g/mol. The highest BCUT2D eigenvalue weighted by molar-refractivity contribution is 6.30. The molecular formula is C9H7ClFNO. The molecule has 68 valence electrons. The van der Waals surface area contributed by atoms with E-state index in [2.05, 4.69) is 11.8 Å². The van der Waals surface area contributed by atoms with Crippen LogP contribution in [0.15, 0.2) is 12.1 Å². The minimum atomic E-state index is -0.602. The second-order valence-corrected chi connectivity index (χ2v) is 2.75. The highest BCUT2D eigenvalue weighted by atomic mass is 35.5. The SMILES string of the molecule is Nc1c(F)cc(Cl)cc1C#CCO. The van der Waals surface area contributed by atoms with Crippen molar-refractivity contribution in [3.8, 4) is 11.8 Å². The summed E-state index contributed by atoms with van der Waals surface area (Å²) in [7, 11) is 0. The minimum Gasteiger partial charge on any atom is -0.395 e. The van der Waals surface area contributed by atoms with Gasteiger partial charge in [-0.25, -0.2) is 4.39 Å². The molecule has 0 amide bonds. The van der Waals surface area contributed by atoms with E-state index in [1.807, 2.05) is 0 Å². The molecule has 0 heterocycles. The van der Waals surface area contributed by atoms with Gasteiger partial charge in [-0.1, -0.05) is 23.4 Å².